The Balaban J connectivity index is 1.83. The molecule has 1 N–H and O–H groups in total. The molecule has 9 heteroatoms. The maximum absolute atomic E-state index is 13.0. The van der Waals surface area contributed by atoms with Crippen molar-refractivity contribution in [1.29, 1.82) is 0 Å². The molecule has 0 aromatic heterocycles. The molecule has 2 aromatic carbocycles. The first kappa shape index (κ1) is 22.2. The number of amides is 1. The number of carbonyl (C=O) groups is 1. The normalized spacial score (nSPS) is 14.2. The van der Waals surface area contributed by atoms with Crippen molar-refractivity contribution in [3.8, 4) is 5.75 Å². The lowest BCUT2D eigenvalue weighted by molar-refractivity contribution is 0.0300. The fourth-order valence-corrected chi connectivity index (χ4v) is 4.60. The van der Waals surface area contributed by atoms with Crippen molar-refractivity contribution >= 4 is 33.4 Å². The summed E-state index contributed by atoms with van der Waals surface area (Å²) in [6.45, 7) is 5.89. The average Bonchev–Trinajstić information content (AvgIpc) is 2.78. The molecule has 1 fully saturated rings. The molecule has 1 amide bonds. The molecule has 3 rings (SSSR count). The largest absolute Gasteiger partial charge is 0.490 e. The number of ether oxygens (including phenoxy) is 2. The summed E-state index contributed by atoms with van der Waals surface area (Å²) in [7, 11) is -3.87. The fraction of sp³-hybridized carbons (Fsp3) is 0.286. The first-order valence-electron chi connectivity index (χ1n) is 9.36. The molecule has 2 aromatic rings. The highest BCUT2D eigenvalue weighted by molar-refractivity contribution is 7.98. The molecule has 1 aliphatic heterocycles. The monoisotopic (exact) mass is 448 g/mol. The minimum absolute atomic E-state index is 0.0314. The van der Waals surface area contributed by atoms with Crippen LogP contribution in [-0.4, -0.2) is 58.4 Å². The van der Waals surface area contributed by atoms with E-state index in [9.17, 15) is 13.2 Å². The SMILES string of the molecule is C=CCOc1ccc(NS(=O)(=O)c2ccc(SC)c(C(=O)N3CCOCC3)c2)cc1. The number of thioether (sulfide) groups is 1. The molecule has 0 unspecified atom stereocenters. The molecule has 0 saturated carbocycles. The molecule has 30 heavy (non-hydrogen) atoms. The number of rotatable bonds is 8. The van der Waals surface area contributed by atoms with Gasteiger partial charge in [0.2, 0.25) is 0 Å². The van der Waals surface area contributed by atoms with Gasteiger partial charge < -0.3 is 14.4 Å². The Labute approximate surface area is 181 Å². The minimum atomic E-state index is -3.87. The minimum Gasteiger partial charge on any atom is -0.490 e. The van der Waals surface area contributed by atoms with Gasteiger partial charge in [0.1, 0.15) is 12.4 Å². The number of nitrogens with zero attached hydrogens (tertiary/aromatic N) is 1. The molecule has 1 heterocycles. The summed E-state index contributed by atoms with van der Waals surface area (Å²) in [5.74, 6) is 0.420. The van der Waals surface area contributed by atoms with E-state index in [2.05, 4.69) is 11.3 Å². The smallest absolute Gasteiger partial charge is 0.261 e. The second-order valence-electron chi connectivity index (χ2n) is 6.50. The lowest BCUT2D eigenvalue weighted by Crippen LogP contribution is -2.40. The summed E-state index contributed by atoms with van der Waals surface area (Å²) >= 11 is 1.40. The number of hydrogen-bond acceptors (Lipinski definition) is 6. The summed E-state index contributed by atoms with van der Waals surface area (Å²) in [6, 6.07) is 11.2. The van der Waals surface area contributed by atoms with Gasteiger partial charge in [0.05, 0.1) is 23.7 Å². The number of carbonyl (C=O) groups excluding carboxylic acids is 1. The van der Waals surface area contributed by atoms with Gasteiger partial charge in [-0.25, -0.2) is 8.42 Å². The highest BCUT2D eigenvalue weighted by Gasteiger charge is 2.24. The van der Waals surface area contributed by atoms with Crippen molar-refractivity contribution in [3.05, 3.63) is 60.7 Å². The third-order valence-electron chi connectivity index (χ3n) is 4.48. The molecule has 0 atom stereocenters. The van der Waals surface area contributed by atoms with E-state index in [1.165, 1.54) is 23.9 Å². The Hall–Kier alpha value is -2.49. The Morgan fingerprint density at radius 2 is 1.93 bits per heavy atom. The molecule has 0 bridgehead atoms. The number of nitrogens with one attached hydrogen (secondary N) is 1. The number of benzene rings is 2. The van der Waals surface area contributed by atoms with Crippen molar-refractivity contribution in [2.45, 2.75) is 9.79 Å². The Bertz CT molecular complexity index is 1000. The topological polar surface area (TPSA) is 84.9 Å². The lowest BCUT2D eigenvalue weighted by Gasteiger charge is -2.27. The molecule has 0 radical (unpaired) electrons. The number of morpholine rings is 1. The quantitative estimate of drug-likeness (QED) is 0.493. The highest BCUT2D eigenvalue weighted by Crippen LogP contribution is 2.27. The van der Waals surface area contributed by atoms with Crippen LogP contribution in [0.2, 0.25) is 0 Å². The zero-order valence-corrected chi connectivity index (χ0v) is 18.3. The molecule has 7 nitrogen and oxygen atoms in total. The van der Waals surface area contributed by atoms with Crippen LogP contribution >= 0.6 is 11.8 Å². The highest BCUT2D eigenvalue weighted by atomic mass is 32.2. The van der Waals surface area contributed by atoms with E-state index in [1.54, 1.807) is 41.3 Å². The van der Waals surface area contributed by atoms with Gasteiger partial charge in [-0.15, -0.1) is 11.8 Å². The van der Waals surface area contributed by atoms with Gasteiger partial charge in [0, 0.05) is 23.7 Å². The molecular weight excluding hydrogens is 424 g/mol. The Morgan fingerprint density at radius 1 is 1.23 bits per heavy atom. The van der Waals surface area contributed by atoms with E-state index in [0.29, 0.717) is 49.9 Å². The lowest BCUT2D eigenvalue weighted by atomic mass is 10.2. The standard InChI is InChI=1S/C21H24N2O5S2/c1-3-12-28-17-6-4-16(5-7-17)22-30(25,26)18-8-9-20(29-2)19(15-18)21(24)23-10-13-27-14-11-23/h3-9,15,22H,1,10-14H2,2H3. The van der Waals surface area contributed by atoms with Gasteiger partial charge in [0.25, 0.3) is 15.9 Å². The third-order valence-corrected chi connectivity index (χ3v) is 6.66. The molecule has 1 aliphatic rings. The molecular formula is C21H24N2O5S2. The second kappa shape index (κ2) is 10.0. The van der Waals surface area contributed by atoms with E-state index >= 15 is 0 Å². The van der Waals surface area contributed by atoms with Crippen LogP contribution in [0, 0.1) is 0 Å². The van der Waals surface area contributed by atoms with E-state index in [4.69, 9.17) is 9.47 Å². The van der Waals surface area contributed by atoms with Crippen LogP contribution in [0.1, 0.15) is 10.4 Å². The van der Waals surface area contributed by atoms with Crippen molar-refractivity contribution in [2.24, 2.45) is 0 Å². The second-order valence-corrected chi connectivity index (χ2v) is 9.03. The zero-order valence-electron chi connectivity index (χ0n) is 16.7. The Kier molecular flexibility index (Phi) is 7.41. The predicted molar refractivity (Wildman–Crippen MR) is 118 cm³/mol. The van der Waals surface area contributed by atoms with E-state index < -0.39 is 10.0 Å². The molecule has 0 spiro atoms. The van der Waals surface area contributed by atoms with Gasteiger partial charge in [0.15, 0.2) is 0 Å². The Morgan fingerprint density at radius 3 is 2.57 bits per heavy atom. The summed E-state index contributed by atoms with van der Waals surface area (Å²) < 4.78 is 39.0. The number of hydrogen-bond donors (Lipinski definition) is 1. The number of anilines is 1. The maximum Gasteiger partial charge on any atom is 0.261 e. The first-order chi connectivity index (χ1) is 14.4. The van der Waals surface area contributed by atoms with E-state index in [0.717, 1.165) is 4.90 Å². The van der Waals surface area contributed by atoms with Crippen molar-refractivity contribution < 1.29 is 22.7 Å². The van der Waals surface area contributed by atoms with E-state index in [-0.39, 0.29) is 10.8 Å². The summed E-state index contributed by atoms with van der Waals surface area (Å²) in [4.78, 5) is 15.4. The summed E-state index contributed by atoms with van der Waals surface area (Å²) in [6.07, 6.45) is 3.48. The van der Waals surface area contributed by atoms with Crippen LogP contribution in [0.3, 0.4) is 0 Å². The van der Waals surface area contributed by atoms with Crippen LogP contribution in [0.4, 0.5) is 5.69 Å². The number of sulfonamides is 1. The first-order valence-corrected chi connectivity index (χ1v) is 12.1. The van der Waals surface area contributed by atoms with E-state index in [1.807, 2.05) is 6.26 Å². The van der Waals surface area contributed by atoms with Gasteiger partial charge in [-0.1, -0.05) is 12.7 Å². The third kappa shape index (κ3) is 5.35. The van der Waals surface area contributed by atoms with Crippen LogP contribution in [0.15, 0.2) is 64.9 Å². The van der Waals surface area contributed by atoms with Crippen molar-refractivity contribution in [1.82, 2.24) is 4.90 Å². The van der Waals surface area contributed by atoms with Gasteiger partial charge >= 0.3 is 0 Å². The molecule has 1 saturated heterocycles. The predicted octanol–water partition coefficient (Wildman–Crippen LogP) is 3.25. The van der Waals surface area contributed by atoms with Crippen molar-refractivity contribution in [3.63, 3.8) is 0 Å². The summed E-state index contributed by atoms with van der Waals surface area (Å²) in [5.41, 5.74) is 0.774. The van der Waals surface area contributed by atoms with Crippen LogP contribution in [0.5, 0.6) is 5.75 Å². The maximum atomic E-state index is 13.0. The zero-order chi connectivity index (χ0) is 21.6. The summed E-state index contributed by atoms with van der Waals surface area (Å²) in [5, 5.41) is 0. The fourth-order valence-electron chi connectivity index (χ4n) is 2.95. The van der Waals surface area contributed by atoms with Crippen LogP contribution < -0.4 is 9.46 Å². The van der Waals surface area contributed by atoms with Crippen molar-refractivity contribution in [2.75, 3.05) is 43.9 Å². The van der Waals surface area contributed by atoms with Crippen LogP contribution in [0.25, 0.3) is 0 Å². The van der Waals surface area contributed by atoms with Gasteiger partial charge in [-0.3, -0.25) is 9.52 Å². The molecule has 0 aliphatic carbocycles. The molecule has 160 valence electrons. The van der Waals surface area contributed by atoms with Crippen LogP contribution in [-0.2, 0) is 14.8 Å². The van der Waals surface area contributed by atoms with Gasteiger partial charge in [-0.05, 0) is 48.7 Å². The van der Waals surface area contributed by atoms with Gasteiger partial charge in [-0.2, -0.15) is 0 Å². The average molecular weight is 449 g/mol.